The SMILES string of the molecule is CCS(=O)(=O)N(C)C(C)c1cncc(-c2ccc3c(c2)CCC(=O)N3C)c1. The summed E-state index contributed by atoms with van der Waals surface area (Å²) in [5.74, 6) is 0.200. The Bertz CT molecular complexity index is 972. The first kappa shape index (κ1) is 19.5. The molecule has 0 radical (unpaired) electrons. The van der Waals surface area contributed by atoms with Crippen molar-refractivity contribution in [3.05, 3.63) is 47.8 Å². The molecule has 1 aliphatic heterocycles. The molecule has 0 saturated carbocycles. The summed E-state index contributed by atoms with van der Waals surface area (Å²) in [5.41, 5.74) is 4.88. The van der Waals surface area contributed by atoms with Gasteiger partial charge < -0.3 is 4.90 Å². The predicted octanol–water partition coefficient (Wildman–Crippen LogP) is 3.00. The Morgan fingerprint density at radius 1 is 1.19 bits per heavy atom. The zero-order valence-electron chi connectivity index (χ0n) is 16.1. The molecule has 0 bridgehead atoms. The molecule has 6 nitrogen and oxygen atoms in total. The van der Waals surface area contributed by atoms with E-state index in [9.17, 15) is 13.2 Å². The first-order valence-corrected chi connectivity index (χ1v) is 10.7. The molecular weight excluding hydrogens is 362 g/mol. The minimum atomic E-state index is -3.28. The predicted molar refractivity (Wildman–Crippen MR) is 107 cm³/mol. The van der Waals surface area contributed by atoms with Crippen LogP contribution in [-0.2, 0) is 21.2 Å². The molecule has 0 N–H and O–H groups in total. The van der Waals surface area contributed by atoms with Crippen molar-refractivity contribution in [2.24, 2.45) is 0 Å². The first-order valence-electron chi connectivity index (χ1n) is 9.05. The van der Waals surface area contributed by atoms with Crippen molar-refractivity contribution in [2.45, 2.75) is 32.7 Å². The van der Waals surface area contributed by atoms with Crippen molar-refractivity contribution >= 4 is 21.6 Å². The van der Waals surface area contributed by atoms with Crippen molar-refractivity contribution in [3.8, 4) is 11.1 Å². The van der Waals surface area contributed by atoms with E-state index in [1.54, 1.807) is 38.3 Å². The second-order valence-electron chi connectivity index (χ2n) is 6.90. The van der Waals surface area contributed by atoms with Crippen LogP contribution in [0.2, 0.25) is 0 Å². The molecule has 1 aromatic carbocycles. The molecule has 2 aromatic rings. The molecule has 2 heterocycles. The van der Waals surface area contributed by atoms with Crippen LogP contribution in [0.1, 0.15) is 37.4 Å². The maximum Gasteiger partial charge on any atom is 0.227 e. The highest BCUT2D eigenvalue weighted by Crippen LogP contribution is 2.32. The maximum absolute atomic E-state index is 12.2. The summed E-state index contributed by atoms with van der Waals surface area (Å²) in [7, 11) is 0.120. The number of aromatic nitrogens is 1. The van der Waals surface area contributed by atoms with E-state index in [0.29, 0.717) is 6.42 Å². The van der Waals surface area contributed by atoms with Gasteiger partial charge in [0.25, 0.3) is 0 Å². The third kappa shape index (κ3) is 3.75. The summed E-state index contributed by atoms with van der Waals surface area (Å²) in [6.07, 6.45) is 4.74. The van der Waals surface area contributed by atoms with Crippen molar-refractivity contribution in [2.75, 3.05) is 24.7 Å². The van der Waals surface area contributed by atoms with Crippen LogP contribution in [0.15, 0.2) is 36.7 Å². The number of benzene rings is 1. The highest BCUT2D eigenvalue weighted by Gasteiger charge is 2.24. The van der Waals surface area contributed by atoms with E-state index in [0.717, 1.165) is 34.4 Å². The number of aryl methyl sites for hydroxylation is 1. The second kappa shape index (κ2) is 7.40. The number of anilines is 1. The van der Waals surface area contributed by atoms with Crippen LogP contribution in [0.25, 0.3) is 11.1 Å². The van der Waals surface area contributed by atoms with Crippen molar-refractivity contribution in [1.82, 2.24) is 9.29 Å². The zero-order valence-corrected chi connectivity index (χ0v) is 17.0. The Kier molecular flexibility index (Phi) is 5.35. The number of rotatable bonds is 5. The van der Waals surface area contributed by atoms with E-state index in [2.05, 4.69) is 11.1 Å². The molecule has 3 rings (SSSR count). The number of nitrogens with zero attached hydrogens (tertiary/aromatic N) is 3. The van der Waals surface area contributed by atoms with E-state index in [1.165, 1.54) is 4.31 Å². The molecule has 1 aromatic heterocycles. The van der Waals surface area contributed by atoms with E-state index >= 15 is 0 Å². The summed E-state index contributed by atoms with van der Waals surface area (Å²) in [6.45, 7) is 3.50. The highest BCUT2D eigenvalue weighted by molar-refractivity contribution is 7.89. The van der Waals surface area contributed by atoms with Gasteiger partial charge in [-0.25, -0.2) is 8.42 Å². The lowest BCUT2D eigenvalue weighted by molar-refractivity contribution is -0.118. The molecule has 0 aliphatic carbocycles. The number of hydrogen-bond acceptors (Lipinski definition) is 4. The average molecular weight is 388 g/mol. The van der Waals surface area contributed by atoms with Gasteiger partial charge in [0, 0.05) is 50.2 Å². The molecule has 1 aliphatic rings. The number of hydrogen-bond donors (Lipinski definition) is 0. The third-order valence-electron chi connectivity index (χ3n) is 5.35. The monoisotopic (exact) mass is 387 g/mol. The lowest BCUT2D eigenvalue weighted by atomic mass is 9.96. The quantitative estimate of drug-likeness (QED) is 0.791. The Morgan fingerprint density at radius 3 is 2.63 bits per heavy atom. The standard InChI is InChI=1S/C20H25N3O3S/c1-5-27(25,26)23(4)14(2)17-11-18(13-21-12-17)15-6-8-19-16(10-15)7-9-20(24)22(19)3/h6,8,10-14H,5,7,9H2,1-4H3. The van der Waals surface area contributed by atoms with Gasteiger partial charge in [-0.05, 0) is 55.2 Å². The van der Waals surface area contributed by atoms with E-state index in [-0.39, 0.29) is 17.7 Å². The molecule has 1 unspecified atom stereocenters. The molecule has 0 saturated heterocycles. The number of carbonyl (C=O) groups is 1. The van der Waals surface area contributed by atoms with Crippen LogP contribution in [0.3, 0.4) is 0 Å². The molecule has 1 atom stereocenters. The molecule has 7 heteroatoms. The fourth-order valence-corrected chi connectivity index (χ4v) is 4.35. The summed E-state index contributed by atoms with van der Waals surface area (Å²) in [5, 5.41) is 0. The van der Waals surface area contributed by atoms with Crippen LogP contribution in [-0.4, -0.2) is 43.5 Å². The molecule has 0 spiro atoms. The lowest BCUT2D eigenvalue weighted by Gasteiger charge is -2.26. The number of sulfonamides is 1. The Labute approximate surface area is 160 Å². The van der Waals surface area contributed by atoms with Gasteiger partial charge in [-0.1, -0.05) is 6.07 Å². The Morgan fingerprint density at radius 2 is 1.93 bits per heavy atom. The minimum absolute atomic E-state index is 0.0675. The van der Waals surface area contributed by atoms with E-state index in [4.69, 9.17) is 0 Å². The van der Waals surface area contributed by atoms with E-state index < -0.39 is 10.0 Å². The average Bonchev–Trinajstić information content (AvgIpc) is 2.69. The molecule has 1 amide bonds. The van der Waals surface area contributed by atoms with Crippen LogP contribution >= 0.6 is 0 Å². The van der Waals surface area contributed by atoms with Crippen LogP contribution < -0.4 is 4.90 Å². The van der Waals surface area contributed by atoms with E-state index in [1.807, 2.05) is 25.1 Å². The zero-order chi connectivity index (χ0) is 19.8. The summed E-state index contributed by atoms with van der Waals surface area (Å²) < 4.78 is 25.7. The summed E-state index contributed by atoms with van der Waals surface area (Å²) >= 11 is 0. The van der Waals surface area contributed by atoms with Gasteiger partial charge in [-0.2, -0.15) is 4.31 Å². The fraction of sp³-hybridized carbons (Fsp3) is 0.400. The van der Waals surface area contributed by atoms with Crippen molar-refractivity contribution in [3.63, 3.8) is 0 Å². The summed E-state index contributed by atoms with van der Waals surface area (Å²) in [6, 6.07) is 7.72. The third-order valence-corrected chi connectivity index (χ3v) is 7.27. The molecular formula is C20H25N3O3S. The van der Waals surface area contributed by atoms with Gasteiger partial charge >= 0.3 is 0 Å². The number of fused-ring (bicyclic) bond motifs is 1. The van der Waals surface area contributed by atoms with Gasteiger partial charge in [0.05, 0.1) is 5.75 Å². The maximum atomic E-state index is 12.2. The normalized spacial score (nSPS) is 15.7. The Balaban J connectivity index is 1.94. The molecule has 27 heavy (non-hydrogen) atoms. The van der Waals surface area contributed by atoms with Gasteiger partial charge in [0.2, 0.25) is 15.9 Å². The highest BCUT2D eigenvalue weighted by atomic mass is 32.2. The number of pyridine rings is 1. The summed E-state index contributed by atoms with van der Waals surface area (Å²) in [4.78, 5) is 17.9. The Hall–Kier alpha value is -2.25. The number of amides is 1. The van der Waals surface area contributed by atoms with Gasteiger partial charge in [-0.3, -0.25) is 9.78 Å². The van der Waals surface area contributed by atoms with Crippen LogP contribution in [0.5, 0.6) is 0 Å². The fourth-order valence-electron chi connectivity index (χ4n) is 3.33. The van der Waals surface area contributed by atoms with Crippen molar-refractivity contribution < 1.29 is 13.2 Å². The van der Waals surface area contributed by atoms with Gasteiger partial charge in [0.1, 0.15) is 0 Å². The topological polar surface area (TPSA) is 70.6 Å². The minimum Gasteiger partial charge on any atom is -0.315 e. The first-order chi connectivity index (χ1) is 12.7. The molecule has 144 valence electrons. The van der Waals surface area contributed by atoms with Crippen molar-refractivity contribution in [1.29, 1.82) is 0 Å². The van der Waals surface area contributed by atoms with Crippen LogP contribution in [0, 0.1) is 0 Å². The van der Waals surface area contributed by atoms with Crippen LogP contribution in [0.4, 0.5) is 5.69 Å². The number of carbonyl (C=O) groups excluding carboxylic acids is 1. The molecule has 0 fully saturated rings. The largest absolute Gasteiger partial charge is 0.315 e. The smallest absolute Gasteiger partial charge is 0.227 e. The van der Waals surface area contributed by atoms with Gasteiger partial charge in [0.15, 0.2) is 0 Å². The lowest BCUT2D eigenvalue weighted by Crippen LogP contribution is -2.31. The second-order valence-corrected chi connectivity index (χ2v) is 9.21. The van der Waals surface area contributed by atoms with Gasteiger partial charge in [-0.15, -0.1) is 0 Å².